The summed E-state index contributed by atoms with van der Waals surface area (Å²) < 4.78 is 16.3. The second kappa shape index (κ2) is 13.4. The first kappa shape index (κ1) is 28.5. The Kier molecular flexibility index (Phi) is 10.1. The molecule has 0 spiro atoms. The summed E-state index contributed by atoms with van der Waals surface area (Å²) in [6, 6.07) is 14.6. The number of rotatable bonds is 11. The average Bonchev–Trinajstić information content (AvgIpc) is 2.88. The predicted octanol–water partition coefficient (Wildman–Crippen LogP) is 1.53. The molecule has 3 aromatic rings. The van der Waals surface area contributed by atoms with Crippen LogP contribution in [-0.4, -0.2) is 55.5 Å². The van der Waals surface area contributed by atoms with Crippen molar-refractivity contribution in [1.29, 1.82) is 0 Å². The maximum Gasteiger partial charge on any atom is 0.353 e. The molecule has 0 radical (unpaired) electrons. The molecule has 2 aromatic carbocycles. The number of halogens is 1. The zero-order chi connectivity index (χ0) is 27.7. The molecule has 0 bridgehead atoms. The molecule has 2 atom stereocenters. The molecule has 0 amide bonds. The van der Waals surface area contributed by atoms with Gasteiger partial charge in [0.05, 0.1) is 12.8 Å². The van der Waals surface area contributed by atoms with Gasteiger partial charge in [-0.1, -0.05) is 33.2 Å². The van der Waals surface area contributed by atoms with E-state index in [9.17, 15) is 29.8 Å². The van der Waals surface area contributed by atoms with Crippen LogP contribution in [0.15, 0.2) is 75.2 Å². The van der Waals surface area contributed by atoms with Crippen LogP contribution in [0.2, 0.25) is 0 Å². The molecular formula is C24H23BrN4O9. The summed E-state index contributed by atoms with van der Waals surface area (Å²) >= 11 is 3.34. The van der Waals surface area contributed by atoms with Gasteiger partial charge in [-0.2, -0.15) is 4.98 Å². The fraction of sp³-hybridized carbons (Fsp3) is 0.208. The van der Waals surface area contributed by atoms with Gasteiger partial charge in [0, 0.05) is 21.8 Å². The van der Waals surface area contributed by atoms with Crippen molar-refractivity contribution in [2.75, 3.05) is 12.3 Å². The van der Waals surface area contributed by atoms with E-state index in [1.54, 1.807) is 36.4 Å². The summed E-state index contributed by atoms with van der Waals surface area (Å²) in [4.78, 5) is 39.0. The van der Waals surface area contributed by atoms with E-state index in [1.165, 1.54) is 18.2 Å². The largest absolute Gasteiger partial charge is 0.460 e. The lowest BCUT2D eigenvalue weighted by Gasteiger charge is -2.18. The van der Waals surface area contributed by atoms with E-state index in [2.05, 4.69) is 26.1 Å². The molecule has 1 aromatic heterocycles. The number of nitrogens with zero attached hydrogens (tertiary/aromatic N) is 3. The van der Waals surface area contributed by atoms with Gasteiger partial charge in [0.2, 0.25) is 6.41 Å². The highest BCUT2D eigenvalue weighted by Gasteiger charge is 2.18. The third kappa shape index (κ3) is 8.21. The second-order valence-electron chi connectivity index (χ2n) is 7.60. The predicted molar refractivity (Wildman–Crippen MR) is 135 cm³/mol. The number of esters is 2. The molecule has 13 nitrogen and oxygen atoms in total. The van der Waals surface area contributed by atoms with E-state index < -0.39 is 36.9 Å². The van der Waals surface area contributed by atoms with E-state index >= 15 is 0 Å². The number of oxime groups is 1. The average molecular weight is 591 g/mol. The highest BCUT2D eigenvalue weighted by Crippen LogP contribution is 2.19. The molecule has 1 heterocycles. The highest BCUT2D eigenvalue weighted by molar-refractivity contribution is 9.10. The molecular weight excluding hydrogens is 568 g/mol. The van der Waals surface area contributed by atoms with Crippen LogP contribution in [0.25, 0.3) is 0 Å². The molecule has 0 fully saturated rings. The Balaban J connectivity index is 1.42. The summed E-state index contributed by atoms with van der Waals surface area (Å²) in [7, 11) is 0. The first-order valence-corrected chi connectivity index (χ1v) is 11.8. The number of carbonyl (C=O) groups is 2. The lowest BCUT2D eigenvalue weighted by atomic mass is 10.0. The Labute approximate surface area is 223 Å². The van der Waals surface area contributed by atoms with E-state index in [-0.39, 0.29) is 24.4 Å². The number of ether oxygens (including phenoxy) is 3. The number of nitrogens with two attached hydrogens (primary N) is 1. The minimum atomic E-state index is -1.90. The number of benzene rings is 2. The van der Waals surface area contributed by atoms with Gasteiger partial charge in [-0.25, -0.2) is 9.36 Å². The molecule has 5 N–H and O–H groups in total. The number of aliphatic hydroxyl groups excluding tert-OH is 2. The molecule has 3 rings (SSSR count). The van der Waals surface area contributed by atoms with Crippen LogP contribution in [0.3, 0.4) is 0 Å². The molecule has 0 saturated carbocycles. The lowest BCUT2D eigenvalue weighted by Crippen LogP contribution is -2.32. The molecule has 0 aliphatic carbocycles. The first-order chi connectivity index (χ1) is 18.2. The van der Waals surface area contributed by atoms with Gasteiger partial charge in [-0.15, -0.1) is 0 Å². The maximum absolute atomic E-state index is 12.1. The summed E-state index contributed by atoms with van der Waals surface area (Å²) in [5, 5.41) is 32.4. The van der Waals surface area contributed by atoms with E-state index in [1.807, 2.05) is 0 Å². The molecule has 0 aliphatic heterocycles. The minimum Gasteiger partial charge on any atom is -0.460 e. The fourth-order valence-electron chi connectivity index (χ4n) is 3.03. The zero-order valence-corrected chi connectivity index (χ0v) is 21.2. The van der Waals surface area contributed by atoms with Crippen molar-refractivity contribution in [1.82, 2.24) is 9.55 Å². The summed E-state index contributed by atoms with van der Waals surface area (Å²) in [6.07, 6.45) is -3.23. The first-order valence-electron chi connectivity index (χ1n) is 11.0. The van der Waals surface area contributed by atoms with Gasteiger partial charge < -0.3 is 35.4 Å². The topological polar surface area (TPSA) is 196 Å². The van der Waals surface area contributed by atoms with Gasteiger partial charge in [0.15, 0.2) is 6.29 Å². The van der Waals surface area contributed by atoms with Gasteiger partial charge in [0.1, 0.15) is 23.9 Å². The summed E-state index contributed by atoms with van der Waals surface area (Å²) in [6.45, 7) is -0.670. The quantitative estimate of drug-likeness (QED) is 0.0630. The van der Waals surface area contributed by atoms with E-state index in [0.717, 1.165) is 10.7 Å². The Morgan fingerprint density at radius 3 is 2.21 bits per heavy atom. The third-order valence-corrected chi connectivity index (χ3v) is 5.39. The Morgan fingerprint density at radius 2 is 1.61 bits per heavy atom. The van der Waals surface area contributed by atoms with Crippen molar-refractivity contribution in [3.63, 3.8) is 0 Å². The van der Waals surface area contributed by atoms with Crippen LogP contribution in [0, 0.1) is 0 Å². The van der Waals surface area contributed by atoms with Crippen molar-refractivity contribution < 1.29 is 39.2 Å². The molecule has 38 heavy (non-hydrogen) atoms. The van der Waals surface area contributed by atoms with Gasteiger partial charge in [0.25, 0.3) is 0 Å². The van der Waals surface area contributed by atoms with Crippen molar-refractivity contribution in [2.24, 2.45) is 5.16 Å². The lowest BCUT2D eigenvalue weighted by molar-refractivity contribution is -0.256. The number of nitrogen functional groups attached to an aromatic ring is 1. The SMILES string of the molecule is Nc1ccn(C(O)OC(O)COC(=O)CCC(=O)Oc2ccc(/C(=N/O)c3ccc(Br)cc3)cc2)c(=O)n1. The standard InChI is InChI=1S/C24H23BrN4O9/c25-16-5-1-14(2-6-16)22(28-35)15-3-7-17(8-4-15)37-20(31)10-9-19(30)36-13-21(32)38-24(34)29-12-11-18(26)27-23(29)33/h1-8,11-12,21,24,32,34-35H,9-10,13H2,(H2,26,27,33)/b28-22+. The van der Waals surface area contributed by atoms with Gasteiger partial charge in [-0.05, 0) is 42.5 Å². The monoisotopic (exact) mass is 590 g/mol. The van der Waals surface area contributed by atoms with Crippen molar-refractivity contribution in [2.45, 2.75) is 25.5 Å². The number of hydrogen-bond acceptors (Lipinski definition) is 12. The molecule has 200 valence electrons. The Bertz CT molecular complexity index is 1340. The zero-order valence-electron chi connectivity index (χ0n) is 19.6. The fourth-order valence-corrected chi connectivity index (χ4v) is 3.30. The van der Waals surface area contributed by atoms with Crippen molar-refractivity contribution >= 4 is 39.4 Å². The van der Waals surface area contributed by atoms with Gasteiger partial charge >= 0.3 is 17.6 Å². The van der Waals surface area contributed by atoms with Crippen molar-refractivity contribution in [3.05, 3.63) is 86.9 Å². The Hall–Kier alpha value is -4.11. The molecule has 14 heteroatoms. The number of anilines is 1. The van der Waals surface area contributed by atoms with E-state index in [4.69, 9.17) is 19.9 Å². The number of aromatic nitrogens is 2. The van der Waals surface area contributed by atoms with Crippen LogP contribution in [0.4, 0.5) is 5.82 Å². The van der Waals surface area contributed by atoms with Crippen LogP contribution in [0.5, 0.6) is 5.75 Å². The van der Waals surface area contributed by atoms with Crippen LogP contribution < -0.4 is 16.2 Å². The van der Waals surface area contributed by atoms with Gasteiger partial charge in [-0.3, -0.25) is 9.59 Å². The smallest absolute Gasteiger partial charge is 0.353 e. The Morgan fingerprint density at radius 1 is 1.00 bits per heavy atom. The molecule has 0 aliphatic rings. The normalized spacial score (nSPS) is 13.0. The summed E-state index contributed by atoms with van der Waals surface area (Å²) in [5.74, 6) is -1.39. The highest BCUT2D eigenvalue weighted by atomic mass is 79.9. The summed E-state index contributed by atoms with van der Waals surface area (Å²) in [5.41, 5.74) is 6.03. The van der Waals surface area contributed by atoms with Crippen molar-refractivity contribution in [3.8, 4) is 5.75 Å². The number of aliphatic hydroxyl groups is 2. The van der Waals surface area contributed by atoms with Crippen LogP contribution in [-0.2, 0) is 19.1 Å². The second-order valence-corrected chi connectivity index (χ2v) is 8.51. The van der Waals surface area contributed by atoms with Crippen LogP contribution >= 0.6 is 15.9 Å². The number of carbonyl (C=O) groups excluding carboxylic acids is 2. The maximum atomic E-state index is 12.1. The number of hydrogen-bond donors (Lipinski definition) is 4. The van der Waals surface area contributed by atoms with E-state index in [0.29, 0.717) is 21.4 Å². The minimum absolute atomic E-state index is 0.0644. The molecule has 0 saturated heterocycles. The van der Waals surface area contributed by atoms with Crippen LogP contribution in [0.1, 0.15) is 30.4 Å². The molecule has 2 unspecified atom stereocenters. The third-order valence-electron chi connectivity index (χ3n) is 4.87.